The molecule has 0 aliphatic heterocycles. The maximum atomic E-state index is 3.12. The molecule has 0 amide bonds. The van der Waals surface area contributed by atoms with Gasteiger partial charge in [0.15, 0.2) is 0 Å². The van der Waals surface area contributed by atoms with Crippen molar-refractivity contribution in [3.05, 3.63) is 0 Å². The molecule has 0 bridgehead atoms. The monoisotopic (exact) mass is 177 g/mol. The van der Waals surface area contributed by atoms with Gasteiger partial charge in [0.1, 0.15) is 0 Å². The van der Waals surface area contributed by atoms with Gasteiger partial charge in [-0.25, -0.2) is 0 Å². The Morgan fingerprint density at radius 1 is 1.29 bits per heavy atom. The molecule has 0 aromatic rings. The SMILES string of the molecule is C[Si](C)(C)C#C[Se-]. The van der Waals surface area contributed by atoms with Crippen LogP contribution in [0.25, 0.3) is 0 Å². The van der Waals surface area contributed by atoms with Crippen molar-refractivity contribution in [3.8, 4) is 10.4 Å². The summed E-state index contributed by atoms with van der Waals surface area (Å²) in [5.74, 6) is 0. The van der Waals surface area contributed by atoms with Crippen molar-refractivity contribution in [3.63, 3.8) is 0 Å². The summed E-state index contributed by atoms with van der Waals surface area (Å²) >= 11 is 2.67. The van der Waals surface area contributed by atoms with Gasteiger partial charge in [-0.15, -0.1) is 0 Å². The molecule has 0 rings (SSSR count). The van der Waals surface area contributed by atoms with E-state index in [1.165, 1.54) is 0 Å². The van der Waals surface area contributed by atoms with Gasteiger partial charge in [0, 0.05) is 0 Å². The van der Waals surface area contributed by atoms with Crippen LogP contribution in [0.3, 0.4) is 0 Å². The van der Waals surface area contributed by atoms with Crippen molar-refractivity contribution in [2.45, 2.75) is 19.6 Å². The zero-order chi connectivity index (χ0) is 5.91. The van der Waals surface area contributed by atoms with Crippen LogP contribution in [0.4, 0.5) is 0 Å². The summed E-state index contributed by atoms with van der Waals surface area (Å²) < 4.78 is 0. The first-order valence-corrected chi connectivity index (χ1v) is 6.56. The van der Waals surface area contributed by atoms with E-state index in [2.05, 4.69) is 46.0 Å². The Bertz CT molecular complexity index is 101. The topological polar surface area (TPSA) is 0 Å². The van der Waals surface area contributed by atoms with Gasteiger partial charge in [-0.2, -0.15) is 0 Å². The van der Waals surface area contributed by atoms with Crippen LogP contribution in [0, 0.1) is 10.4 Å². The van der Waals surface area contributed by atoms with Gasteiger partial charge in [0.2, 0.25) is 0 Å². The second-order valence-corrected chi connectivity index (χ2v) is 7.66. The number of rotatable bonds is 0. The summed E-state index contributed by atoms with van der Waals surface area (Å²) in [6.07, 6.45) is 0. The molecular formula is C5H9SeSi-. The molecule has 0 heterocycles. The van der Waals surface area contributed by atoms with E-state index in [9.17, 15) is 0 Å². The average Bonchev–Trinajstić information content (AvgIpc) is 1.30. The van der Waals surface area contributed by atoms with Crippen molar-refractivity contribution in [1.82, 2.24) is 0 Å². The molecule has 0 atom stereocenters. The molecule has 0 saturated carbocycles. The van der Waals surface area contributed by atoms with Crippen molar-refractivity contribution in [2.24, 2.45) is 0 Å². The molecule has 0 nitrogen and oxygen atoms in total. The van der Waals surface area contributed by atoms with E-state index in [0.717, 1.165) is 0 Å². The molecule has 0 saturated heterocycles. The molecule has 0 fully saturated rings. The van der Waals surface area contributed by atoms with Crippen LogP contribution < -0.4 is 0 Å². The second-order valence-electron chi connectivity index (χ2n) is 2.48. The Kier molecular flexibility index (Phi) is 2.67. The Labute approximate surface area is 54.5 Å². The van der Waals surface area contributed by atoms with Crippen LogP contribution in [-0.2, 0) is 0 Å². The maximum absolute atomic E-state index is 3.12. The molecule has 0 N–H and O–H groups in total. The zero-order valence-corrected chi connectivity index (χ0v) is 7.62. The van der Waals surface area contributed by atoms with Crippen molar-refractivity contribution >= 4 is 24.1 Å². The van der Waals surface area contributed by atoms with Gasteiger partial charge in [-0.1, -0.05) is 0 Å². The summed E-state index contributed by atoms with van der Waals surface area (Å²) in [6, 6.07) is 0. The van der Waals surface area contributed by atoms with E-state index in [1.54, 1.807) is 0 Å². The molecule has 2 heteroatoms. The van der Waals surface area contributed by atoms with Crippen LogP contribution in [0.2, 0.25) is 19.6 Å². The molecular weight excluding hydrogens is 167 g/mol. The molecule has 0 spiro atoms. The van der Waals surface area contributed by atoms with Gasteiger partial charge in [-0.05, 0) is 0 Å². The first kappa shape index (κ1) is 7.30. The van der Waals surface area contributed by atoms with E-state index < -0.39 is 8.07 Å². The molecule has 0 aromatic carbocycles. The second kappa shape index (κ2) is 2.57. The summed E-state index contributed by atoms with van der Waals surface area (Å²) in [7, 11) is -1.05. The molecule has 0 unspecified atom stereocenters. The molecule has 40 valence electrons. The van der Waals surface area contributed by atoms with Gasteiger partial charge in [-0.3, -0.25) is 0 Å². The minimum absolute atomic E-state index is 1.05. The molecule has 0 aliphatic rings. The molecule has 0 radical (unpaired) electrons. The summed E-state index contributed by atoms with van der Waals surface area (Å²) in [5, 5.41) is 0. The van der Waals surface area contributed by atoms with E-state index >= 15 is 0 Å². The van der Waals surface area contributed by atoms with E-state index in [0.29, 0.717) is 0 Å². The molecule has 0 aliphatic carbocycles. The zero-order valence-electron chi connectivity index (χ0n) is 4.91. The van der Waals surface area contributed by atoms with Gasteiger partial charge in [0.25, 0.3) is 0 Å². The number of hydrogen-bond acceptors (Lipinski definition) is 0. The van der Waals surface area contributed by atoms with Crippen LogP contribution in [0.5, 0.6) is 0 Å². The minimum atomic E-state index is -1.05. The quantitative estimate of drug-likeness (QED) is 0.381. The number of hydrogen-bond donors (Lipinski definition) is 0. The summed E-state index contributed by atoms with van der Waals surface area (Å²) in [4.78, 5) is 2.79. The first-order valence-electron chi connectivity index (χ1n) is 2.20. The summed E-state index contributed by atoms with van der Waals surface area (Å²) in [6.45, 7) is 6.66. The fraction of sp³-hybridized carbons (Fsp3) is 0.600. The van der Waals surface area contributed by atoms with E-state index in [-0.39, 0.29) is 0 Å². The molecule has 7 heavy (non-hydrogen) atoms. The van der Waals surface area contributed by atoms with Gasteiger partial charge in [0.05, 0.1) is 0 Å². The van der Waals surface area contributed by atoms with Crippen LogP contribution in [0.15, 0.2) is 0 Å². The predicted octanol–water partition coefficient (Wildman–Crippen LogP) is 0.993. The van der Waals surface area contributed by atoms with Crippen molar-refractivity contribution in [1.29, 1.82) is 0 Å². The Balaban J connectivity index is 3.72. The first-order chi connectivity index (χ1) is 3.06. The van der Waals surface area contributed by atoms with Crippen molar-refractivity contribution in [2.75, 3.05) is 0 Å². The van der Waals surface area contributed by atoms with Crippen LogP contribution in [0.1, 0.15) is 0 Å². The summed E-state index contributed by atoms with van der Waals surface area (Å²) in [5.41, 5.74) is 3.12. The Morgan fingerprint density at radius 2 is 1.71 bits per heavy atom. The third kappa shape index (κ3) is 6.30. The third-order valence-electron chi connectivity index (χ3n) is 0.426. The standard InChI is InChI=1S/C5H10SeSi/c1-7(2,3)5-4-6/h6H,1-3H3/p-1. The van der Waals surface area contributed by atoms with Gasteiger partial charge >= 0.3 is 54.1 Å². The Hall–Kier alpha value is 0.296. The van der Waals surface area contributed by atoms with Gasteiger partial charge < -0.3 is 0 Å². The molecule has 0 aromatic heterocycles. The average molecular weight is 176 g/mol. The predicted molar refractivity (Wildman–Crippen MR) is 36.9 cm³/mol. The van der Waals surface area contributed by atoms with Crippen LogP contribution >= 0.6 is 0 Å². The normalized spacial score (nSPS) is 9.57. The van der Waals surface area contributed by atoms with Crippen LogP contribution in [-0.4, -0.2) is 24.1 Å². The fourth-order valence-electron chi connectivity index (χ4n) is 0.153. The van der Waals surface area contributed by atoms with E-state index in [4.69, 9.17) is 0 Å². The van der Waals surface area contributed by atoms with Crippen molar-refractivity contribution < 1.29 is 0 Å². The van der Waals surface area contributed by atoms with E-state index in [1.807, 2.05) is 0 Å². The fourth-order valence-corrected chi connectivity index (χ4v) is 2.39. The Morgan fingerprint density at radius 3 is 1.71 bits per heavy atom. The third-order valence-corrected chi connectivity index (χ3v) is 1.92.